The second-order valence-electron chi connectivity index (χ2n) is 4.20. The Bertz CT molecular complexity index is 526. The molecule has 1 aromatic heterocycles. The molecule has 84 valence electrons. The van der Waals surface area contributed by atoms with Gasteiger partial charge in [0.25, 0.3) is 0 Å². The van der Waals surface area contributed by atoms with Gasteiger partial charge in [0.1, 0.15) is 12.0 Å². The van der Waals surface area contributed by atoms with Gasteiger partial charge in [-0.3, -0.25) is 0 Å². The summed E-state index contributed by atoms with van der Waals surface area (Å²) in [4.78, 5) is 10.6. The molecule has 0 unspecified atom stereocenters. The standard InChI is InChI=1S/C13H15NO2/c1-9(2)14-8-10(6-7-15)11-4-3-5-12(16)13(11)14/h3-5,7-9,16H,6H2,1-2H3. The number of aromatic hydroxyl groups is 1. The second-order valence-corrected chi connectivity index (χ2v) is 4.20. The van der Waals surface area contributed by atoms with Gasteiger partial charge in [-0.2, -0.15) is 0 Å². The van der Waals surface area contributed by atoms with Crippen molar-refractivity contribution in [3.63, 3.8) is 0 Å². The Labute approximate surface area is 94.3 Å². The molecule has 0 aliphatic carbocycles. The highest BCUT2D eigenvalue weighted by molar-refractivity contribution is 5.90. The molecule has 2 rings (SSSR count). The van der Waals surface area contributed by atoms with Gasteiger partial charge in [0.05, 0.1) is 5.52 Å². The number of rotatable bonds is 3. The number of hydrogen-bond acceptors (Lipinski definition) is 2. The van der Waals surface area contributed by atoms with E-state index in [1.165, 1.54) is 0 Å². The van der Waals surface area contributed by atoms with Crippen LogP contribution in [0.1, 0.15) is 25.5 Å². The zero-order chi connectivity index (χ0) is 11.7. The number of phenolic OH excluding ortho intramolecular Hbond substituents is 1. The summed E-state index contributed by atoms with van der Waals surface area (Å²) in [6.07, 6.45) is 3.23. The first-order valence-corrected chi connectivity index (χ1v) is 5.40. The molecule has 0 aliphatic rings. The quantitative estimate of drug-likeness (QED) is 0.803. The molecule has 0 radical (unpaired) electrons. The van der Waals surface area contributed by atoms with Gasteiger partial charge in [-0.1, -0.05) is 12.1 Å². The van der Waals surface area contributed by atoms with Crippen LogP contribution in [0.2, 0.25) is 0 Å². The molecule has 0 amide bonds. The minimum absolute atomic E-state index is 0.260. The van der Waals surface area contributed by atoms with Crippen molar-refractivity contribution in [2.75, 3.05) is 0 Å². The van der Waals surface area contributed by atoms with Gasteiger partial charge in [-0.25, -0.2) is 0 Å². The van der Waals surface area contributed by atoms with Crippen LogP contribution in [-0.2, 0) is 11.2 Å². The van der Waals surface area contributed by atoms with Crippen LogP contribution in [0.3, 0.4) is 0 Å². The third-order valence-corrected chi connectivity index (χ3v) is 2.77. The van der Waals surface area contributed by atoms with E-state index in [4.69, 9.17) is 0 Å². The van der Waals surface area contributed by atoms with Gasteiger partial charge >= 0.3 is 0 Å². The zero-order valence-electron chi connectivity index (χ0n) is 9.47. The van der Waals surface area contributed by atoms with Crippen LogP contribution < -0.4 is 0 Å². The molecular weight excluding hydrogens is 202 g/mol. The van der Waals surface area contributed by atoms with Gasteiger partial charge in [-0.15, -0.1) is 0 Å². The van der Waals surface area contributed by atoms with Crippen LogP contribution in [0.4, 0.5) is 0 Å². The summed E-state index contributed by atoms with van der Waals surface area (Å²) in [6.45, 7) is 4.10. The first-order valence-electron chi connectivity index (χ1n) is 5.40. The predicted molar refractivity (Wildman–Crippen MR) is 63.8 cm³/mol. The third-order valence-electron chi connectivity index (χ3n) is 2.77. The van der Waals surface area contributed by atoms with E-state index in [-0.39, 0.29) is 11.8 Å². The van der Waals surface area contributed by atoms with Crippen LogP contribution in [0.25, 0.3) is 10.9 Å². The molecule has 3 nitrogen and oxygen atoms in total. The van der Waals surface area contributed by atoms with E-state index in [9.17, 15) is 9.90 Å². The fourth-order valence-electron chi connectivity index (χ4n) is 2.02. The van der Waals surface area contributed by atoms with Crippen LogP contribution >= 0.6 is 0 Å². The van der Waals surface area contributed by atoms with Crippen molar-refractivity contribution in [2.45, 2.75) is 26.3 Å². The molecule has 0 spiro atoms. The highest BCUT2D eigenvalue weighted by atomic mass is 16.3. The molecule has 3 heteroatoms. The first kappa shape index (κ1) is 10.7. The average molecular weight is 217 g/mol. The molecule has 1 heterocycles. The van der Waals surface area contributed by atoms with Gasteiger partial charge < -0.3 is 14.5 Å². The van der Waals surface area contributed by atoms with Crippen molar-refractivity contribution >= 4 is 17.2 Å². The Hall–Kier alpha value is -1.77. The summed E-state index contributed by atoms with van der Waals surface area (Å²) in [6, 6.07) is 5.67. The number of fused-ring (bicyclic) bond motifs is 1. The fourth-order valence-corrected chi connectivity index (χ4v) is 2.02. The molecule has 2 aromatic rings. The van der Waals surface area contributed by atoms with Gasteiger partial charge in [0.2, 0.25) is 0 Å². The number of aldehydes is 1. The van der Waals surface area contributed by atoms with Crippen LogP contribution in [0.5, 0.6) is 5.75 Å². The fraction of sp³-hybridized carbons (Fsp3) is 0.308. The summed E-state index contributed by atoms with van der Waals surface area (Å²) in [7, 11) is 0. The maximum Gasteiger partial charge on any atom is 0.139 e. The van der Waals surface area contributed by atoms with E-state index in [1.807, 2.05) is 16.8 Å². The number of carbonyl (C=O) groups is 1. The maximum absolute atomic E-state index is 10.6. The summed E-state index contributed by atoms with van der Waals surface area (Å²) in [5.41, 5.74) is 1.78. The smallest absolute Gasteiger partial charge is 0.139 e. The maximum atomic E-state index is 10.6. The topological polar surface area (TPSA) is 42.2 Å². The summed E-state index contributed by atoms with van der Waals surface area (Å²) < 4.78 is 2.00. The summed E-state index contributed by atoms with van der Waals surface area (Å²) in [5.74, 6) is 0.267. The highest BCUT2D eigenvalue weighted by Gasteiger charge is 2.12. The molecule has 0 atom stereocenters. The molecule has 0 aliphatic heterocycles. The van der Waals surface area contributed by atoms with Gasteiger partial charge in [-0.05, 0) is 25.5 Å². The number of phenols is 1. The Morgan fingerprint density at radius 2 is 2.19 bits per heavy atom. The number of hydrogen-bond donors (Lipinski definition) is 1. The second kappa shape index (κ2) is 4.00. The molecule has 1 N–H and O–H groups in total. The van der Waals surface area contributed by atoms with Gasteiger partial charge in [0.15, 0.2) is 0 Å². The Morgan fingerprint density at radius 3 is 2.81 bits per heavy atom. The van der Waals surface area contributed by atoms with Crippen LogP contribution in [0, 0.1) is 0 Å². The molecule has 0 fully saturated rings. The number of benzene rings is 1. The third kappa shape index (κ3) is 1.58. The lowest BCUT2D eigenvalue weighted by Gasteiger charge is -2.09. The Kier molecular flexibility index (Phi) is 2.69. The Morgan fingerprint density at radius 1 is 1.44 bits per heavy atom. The van der Waals surface area contributed by atoms with Crippen molar-refractivity contribution in [3.8, 4) is 5.75 Å². The van der Waals surface area contributed by atoms with E-state index in [1.54, 1.807) is 12.1 Å². The van der Waals surface area contributed by atoms with E-state index < -0.39 is 0 Å². The van der Waals surface area contributed by atoms with Crippen molar-refractivity contribution in [1.29, 1.82) is 0 Å². The molecule has 0 bridgehead atoms. The molecule has 1 aromatic carbocycles. The highest BCUT2D eigenvalue weighted by Crippen LogP contribution is 2.31. The largest absolute Gasteiger partial charge is 0.506 e. The lowest BCUT2D eigenvalue weighted by molar-refractivity contribution is -0.107. The minimum Gasteiger partial charge on any atom is -0.506 e. The van der Waals surface area contributed by atoms with Crippen molar-refractivity contribution in [3.05, 3.63) is 30.0 Å². The number of nitrogens with zero attached hydrogens (tertiary/aromatic N) is 1. The van der Waals surface area contributed by atoms with Crippen molar-refractivity contribution < 1.29 is 9.90 Å². The predicted octanol–water partition coefficient (Wildman–Crippen LogP) is 2.67. The number of aromatic nitrogens is 1. The van der Waals surface area contributed by atoms with Crippen LogP contribution in [-0.4, -0.2) is 16.0 Å². The molecule has 0 saturated heterocycles. The van der Waals surface area contributed by atoms with Gasteiger partial charge in [0, 0.05) is 24.0 Å². The molecular formula is C13H15NO2. The van der Waals surface area contributed by atoms with E-state index in [0.717, 1.165) is 22.8 Å². The number of carbonyl (C=O) groups excluding carboxylic acids is 1. The lowest BCUT2D eigenvalue weighted by Crippen LogP contribution is -1.98. The molecule has 16 heavy (non-hydrogen) atoms. The monoisotopic (exact) mass is 217 g/mol. The normalized spacial score (nSPS) is 11.2. The number of para-hydroxylation sites is 1. The van der Waals surface area contributed by atoms with E-state index in [2.05, 4.69) is 13.8 Å². The SMILES string of the molecule is CC(C)n1cc(CC=O)c2cccc(O)c21. The summed E-state index contributed by atoms with van der Waals surface area (Å²) >= 11 is 0. The van der Waals surface area contributed by atoms with Crippen molar-refractivity contribution in [2.24, 2.45) is 0 Å². The van der Waals surface area contributed by atoms with E-state index in [0.29, 0.717) is 6.42 Å². The molecule has 0 saturated carbocycles. The van der Waals surface area contributed by atoms with E-state index >= 15 is 0 Å². The summed E-state index contributed by atoms with van der Waals surface area (Å²) in [5, 5.41) is 10.8. The zero-order valence-corrected chi connectivity index (χ0v) is 9.47. The minimum atomic E-state index is 0.260. The first-order chi connectivity index (χ1) is 7.65. The lowest BCUT2D eigenvalue weighted by atomic mass is 10.1. The average Bonchev–Trinajstić information content (AvgIpc) is 2.60. The van der Waals surface area contributed by atoms with Crippen LogP contribution in [0.15, 0.2) is 24.4 Å². The van der Waals surface area contributed by atoms with Crippen molar-refractivity contribution in [1.82, 2.24) is 4.57 Å². The Balaban J connectivity index is 2.76.